The van der Waals surface area contributed by atoms with Crippen LogP contribution in [0.15, 0.2) is 48.5 Å². The summed E-state index contributed by atoms with van der Waals surface area (Å²) in [5.41, 5.74) is 1.79. The van der Waals surface area contributed by atoms with Crippen LogP contribution in [0.1, 0.15) is 12.5 Å². The van der Waals surface area contributed by atoms with Crippen LogP contribution in [0.3, 0.4) is 0 Å². The van der Waals surface area contributed by atoms with Gasteiger partial charge in [0.15, 0.2) is 12.7 Å². The fourth-order valence-electron chi connectivity index (χ4n) is 2.85. The van der Waals surface area contributed by atoms with Crippen LogP contribution in [0.2, 0.25) is 0 Å². The molecule has 0 saturated carbocycles. The smallest absolute Gasteiger partial charge is 0.265 e. The molecule has 0 fully saturated rings. The van der Waals surface area contributed by atoms with E-state index >= 15 is 0 Å². The number of benzene rings is 2. The van der Waals surface area contributed by atoms with Crippen molar-refractivity contribution >= 4 is 17.5 Å². The average Bonchev–Trinajstić information content (AvgIpc) is 2.70. The molecule has 1 aliphatic rings. The Kier molecular flexibility index (Phi) is 5.41. The number of nitrogens with one attached hydrogen (secondary N) is 1. The molecule has 6 heteroatoms. The summed E-state index contributed by atoms with van der Waals surface area (Å²) in [6.45, 7) is 2.10. The van der Waals surface area contributed by atoms with Crippen molar-refractivity contribution in [2.75, 3.05) is 25.1 Å². The molecule has 0 bridgehead atoms. The van der Waals surface area contributed by atoms with Crippen molar-refractivity contribution in [2.24, 2.45) is 0 Å². The lowest BCUT2D eigenvalue weighted by Crippen LogP contribution is -2.51. The first-order valence-corrected chi connectivity index (χ1v) is 8.61. The van der Waals surface area contributed by atoms with Crippen LogP contribution in [0.25, 0.3) is 0 Å². The molecule has 1 heterocycles. The highest BCUT2D eigenvalue weighted by Crippen LogP contribution is 2.33. The van der Waals surface area contributed by atoms with Gasteiger partial charge in [0.25, 0.3) is 11.8 Å². The SMILES string of the molecule is CCc1cccc(OCC(=O)N2C[C@@H](C(=O)NC)Oc3ccccc32)c1. The van der Waals surface area contributed by atoms with E-state index in [-0.39, 0.29) is 25.0 Å². The molecule has 0 aliphatic carbocycles. The van der Waals surface area contributed by atoms with Crippen LogP contribution >= 0.6 is 0 Å². The third-order valence-electron chi connectivity index (χ3n) is 4.28. The van der Waals surface area contributed by atoms with Crippen molar-refractivity contribution in [3.8, 4) is 11.5 Å². The Morgan fingerprint density at radius 1 is 1.23 bits per heavy atom. The van der Waals surface area contributed by atoms with Crippen molar-refractivity contribution in [1.82, 2.24) is 5.32 Å². The number of amides is 2. The van der Waals surface area contributed by atoms with Gasteiger partial charge in [-0.3, -0.25) is 9.59 Å². The van der Waals surface area contributed by atoms with Crippen molar-refractivity contribution in [2.45, 2.75) is 19.4 Å². The van der Waals surface area contributed by atoms with Gasteiger partial charge in [-0.15, -0.1) is 0 Å². The normalized spacial score (nSPS) is 15.6. The molecule has 2 amide bonds. The highest BCUT2D eigenvalue weighted by atomic mass is 16.5. The van der Waals surface area contributed by atoms with Crippen molar-refractivity contribution in [3.63, 3.8) is 0 Å². The van der Waals surface area contributed by atoms with Gasteiger partial charge in [0.05, 0.1) is 12.2 Å². The zero-order chi connectivity index (χ0) is 18.5. The number of aryl methyl sites for hydroxylation is 1. The summed E-state index contributed by atoms with van der Waals surface area (Å²) in [5.74, 6) is 0.668. The zero-order valence-electron chi connectivity index (χ0n) is 14.9. The molecule has 136 valence electrons. The topological polar surface area (TPSA) is 67.9 Å². The molecule has 0 unspecified atom stereocenters. The molecule has 0 spiro atoms. The lowest BCUT2D eigenvalue weighted by Gasteiger charge is -2.33. The molecule has 26 heavy (non-hydrogen) atoms. The number of rotatable bonds is 5. The Labute approximate surface area is 152 Å². The molecule has 1 N–H and O–H groups in total. The largest absolute Gasteiger partial charge is 0.484 e. The summed E-state index contributed by atoms with van der Waals surface area (Å²) in [5, 5.41) is 2.56. The lowest BCUT2D eigenvalue weighted by molar-refractivity contribution is -0.128. The quantitative estimate of drug-likeness (QED) is 0.894. The van der Waals surface area contributed by atoms with Crippen LogP contribution in [0.5, 0.6) is 11.5 Å². The number of ether oxygens (including phenoxy) is 2. The number of nitrogens with zero attached hydrogens (tertiary/aromatic N) is 1. The molecular formula is C20H22N2O4. The Morgan fingerprint density at radius 3 is 2.81 bits per heavy atom. The molecule has 1 aliphatic heterocycles. The first-order valence-electron chi connectivity index (χ1n) is 8.61. The second kappa shape index (κ2) is 7.91. The molecule has 6 nitrogen and oxygen atoms in total. The fraction of sp³-hybridized carbons (Fsp3) is 0.300. The van der Waals surface area contributed by atoms with Crippen molar-refractivity contribution < 1.29 is 19.1 Å². The standard InChI is InChI=1S/C20H22N2O4/c1-3-14-7-6-8-15(11-14)25-13-19(23)22-12-18(20(24)21-2)26-17-10-5-4-9-16(17)22/h4-11,18H,3,12-13H2,1-2H3,(H,21,24)/t18-/m0/s1. The monoisotopic (exact) mass is 354 g/mol. The third kappa shape index (κ3) is 3.79. The van der Waals surface area contributed by atoms with Gasteiger partial charge < -0.3 is 19.7 Å². The van der Waals surface area contributed by atoms with Gasteiger partial charge in [0.1, 0.15) is 11.5 Å². The van der Waals surface area contributed by atoms with Crippen molar-refractivity contribution in [3.05, 3.63) is 54.1 Å². The lowest BCUT2D eigenvalue weighted by atomic mass is 10.1. The van der Waals surface area contributed by atoms with E-state index in [0.29, 0.717) is 17.2 Å². The van der Waals surface area contributed by atoms with Crippen LogP contribution in [0, 0.1) is 0 Å². The van der Waals surface area contributed by atoms with Gasteiger partial charge in [-0.2, -0.15) is 0 Å². The Hall–Kier alpha value is -3.02. The highest BCUT2D eigenvalue weighted by Gasteiger charge is 2.33. The minimum absolute atomic E-state index is 0.109. The predicted octanol–water partition coefficient (Wildman–Crippen LogP) is 2.17. The maximum Gasteiger partial charge on any atom is 0.265 e. The van der Waals surface area contributed by atoms with Crippen molar-refractivity contribution in [1.29, 1.82) is 0 Å². The molecule has 0 saturated heterocycles. The van der Waals surface area contributed by atoms with Crippen LogP contribution in [0.4, 0.5) is 5.69 Å². The molecule has 0 radical (unpaired) electrons. The number of hydrogen-bond acceptors (Lipinski definition) is 4. The van der Waals surface area contributed by atoms with E-state index in [1.807, 2.05) is 30.3 Å². The summed E-state index contributed by atoms with van der Waals surface area (Å²) in [7, 11) is 1.54. The van der Waals surface area contributed by atoms with Crippen LogP contribution < -0.4 is 19.7 Å². The van der Waals surface area contributed by atoms with E-state index in [4.69, 9.17) is 9.47 Å². The van der Waals surface area contributed by atoms with E-state index < -0.39 is 6.10 Å². The molecular weight excluding hydrogens is 332 g/mol. The number of anilines is 1. The van der Waals surface area contributed by atoms with Gasteiger partial charge in [-0.25, -0.2) is 0 Å². The average molecular weight is 354 g/mol. The summed E-state index contributed by atoms with van der Waals surface area (Å²) in [6.07, 6.45) is 0.151. The Bertz CT molecular complexity index is 806. The van der Waals surface area contributed by atoms with Gasteiger partial charge >= 0.3 is 0 Å². The number of carbonyl (C=O) groups excluding carboxylic acids is 2. The van der Waals surface area contributed by atoms with E-state index in [9.17, 15) is 9.59 Å². The highest BCUT2D eigenvalue weighted by molar-refractivity contribution is 5.98. The second-order valence-corrected chi connectivity index (χ2v) is 5.98. The number of para-hydroxylation sites is 2. The second-order valence-electron chi connectivity index (χ2n) is 5.98. The number of hydrogen-bond donors (Lipinski definition) is 1. The maximum atomic E-state index is 12.8. The zero-order valence-corrected chi connectivity index (χ0v) is 14.9. The van der Waals surface area contributed by atoms with Crippen LogP contribution in [-0.4, -0.2) is 38.1 Å². The molecule has 2 aromatic carbocycles. The summed E-state index contributed by atoms with van der Waals surface area (Å²) in [4.78, 5) is 26.3. The summed E-state index contributed by atoms with van der Waals surface area (Å²) in [6, 6.07) is 14.8. The third-order valence-corrected chi connectivity index (χ3v) is 4.28. The number of likely N-dealkylation sites (N-methyl/N-ethyl adjacent to an activating group) is 1. The number of carbonyl (C=O) groups is 2. The minimum Gasteiger partial charge on any atom is -0.484 e. The van der Waals surface area contributed by atoms with Gasteiger partial charge in [-0.05, 0) is 36.2 Å². The fourth-order valence-corrected chi connectivity index (χ4v) is 2.85. The van der Waals surface area contributed by atoms with Crippen LogP contribution in [-0.2, 0) is 16.0 Å². The first kappa shape index (κ1) is 17.8. The summed E-state index contributed by atoms with van der Waals surface area (Å²) < 4.78 is 11.4. The van der Waals surface area contributed by atoms with E-state index in [1.165, 1.54) is 0 Å². The van der Waals surface area contributed by atoms with E-state index in [0.717, 1.165) is 12.0 Å². The molecule has 1 atom stereocenters. The number of fused-ring (bicyclic) bond motifs is 1. The molecule has 2 aromatic rings. The summed E-state index contributed by atoms with van der Waals surface area (Å²) >= 11 is 0. The Morgan fingerprint density at radius 2 is 2.04 bits per heavy atom. The predicted molar refractivity (Wildman–Crippen MR) is 98.6 cm³/mol. The van der Waals surface area contributed by atoms with Gasteiger partial charge in [0, 0.05) is 7.05 Å². The van der Waals surface area contributed by atoms with Gasteiger partial charge in [0.2, 0.25) is 0 Å². The van der Waals surface area contributed by atoms with E-state index in [2.05, 4.69) is 12.2 Å². The maximum absolute atomic E-state index is 12.8. The minimum atomic E-state index is -0.748. The van der Waals surface area contributed by atoms with Gasteiger partial charge in [-0.1, -0.05) is 31.2 Å². The Balaban J connectivity index is 1.75. The first-order chi connectivity index (χ1) is 12.6. The van der Waals surface area contributed by atoms with E-state index in [1.54, 1.807) is 30.1 Å². The molecule has 0 aromatic heterocycles. The molecule has 3 rings (SSSR count).